The third kappa shape index (κ3) is 6.69. The molecule has 1 N–H and O–H groups in total. The predicted octanol–water partition coefficient (Wildman–Crippen LogP) is 5.01. The summed E-state index contributed by atoms with van der Waals surface area (Å²) in [4.78, 5) is 24.5. The monoisotopic (exact) mass is 613 g/mol. The number of anilines is 1. The van der Waals surface area contributed by atoms with Crippen molar-refractivity contribution in [2.75, 3.05) is 31.3 Å². The lowest BCUT2D eigenvalue weighted by molar-refractivity contribution is -0.150. The quantitative estimate of drug-likeness (QED) is 0.348. The van der Waals surface area contributed by atoms with Gasteiger partial charge in [-0.15, -0.1) is 0 Å². The van der Waals surface area contributed by atoms with Crippen LogP contribution in [-0.2, 0) is 36.5 Å². The maximum atomic E-state index is 13.2. The number of carbonyl (C=O) groups excluding carboxylic acids is 2. The number of benzene rings is 2. The van der Waals surface area contributed by atoms with Crippen LogP contribution in [0.15, 0.2) is 46.4 Å². The Morgan fingerprint density at radius 3 is 2.20 bits per heavy atom. The molecule has 1 heterocycles. The first-order chi connectivity index (χ1) is 18.3. The molecule has 1 atom stereocenters. The van der Waals surface area contributed by atoms with Gasteiger partial charge in [-0.1, -0.05) is 17.7 Å². The van der Waals surface area contributed by atoms with Crippen LogP contribution in [0.3, 0.4) is 0 Å². The summed E-state index contributed by atoms with van der Waals surface area (Å²) in [6.07, 6.45) is -9.09. The number of hydrogen-bond donors (Lipinski definition) is 1. The van der Waals surface area contributed by atoms with Gasteiger partial charge in [0, 0.05) is 17.5 Å². The summed E-state index contributed by atoms with van der Waals surface area (Å²) in [6, 6.07) is 4.85. The number of nitrogens with zero attached hydrogens (tertiary/aromatic N) is 2. The molecule has 0 fully saturated rings. The Morgan fingerprint density at radius 2 is 1.68 bits per heavy atom. The van der Waals surface area contributed by atoms with E-state index in [1.165, 1.54) is 6.92 Å². The van der Waals surface area contributed by atoms with Crippen LogP contribution in [-0.4, -0.2) is 57.0 Å². The number of esters is 1. The van der Waals surface area contributed by atoms with Gasteiger partial charge in [0.25, 0.3) is 0 Å². The van der Waals surface area contributed by atoms with Gasteiger partial charge in [0.05, 0.1) is 39.9 Å². The van der Waals surface area contributed by atoms with E-state index in [0.29, 0.717) is 18.4 Å². The molecule has 1 aliphatic rings. The lowest BCUT2D eigenvalue weighted by Crippen LogP contribution is -2.41. The van der Waals surface area contributed by atoms with Crippen LogP contribution in [0.2, 0.25) is 5.02 Å². The molecule has 0 aliphatic carbocycles. The van der Waals surface area contributed by atoms with E-state index < -0.39 is 67.1 Å². The van der Waals surface area contributed by atoms with E-state index in [-0.39, 0.29) is 30.1 Å². The Morgan fingerprint density at radius 1 is 1.07 bits per heavy atom. The largest absolute Gasteiger partial charge is 0.465 e. The van der Waals surface area contributed by atoms with Crippen LogP contribution in [0, 0.1) is 5.41 Å². The fourth-order valence-corrected chi connectivity index (χ4v) is 5.26. The van der Waals surface area contributed by atoms with Gasteiger partial charge in [0.1, 0.15) is 12.0 Å². The molecule has 0 radical (unpaired) electrons. The summed E-state index contributed by atoms with van der Waals surface area (Å²) >= 11 is 5.84. The Labute approximate surface area is 229 Å². The number of halogens is 7. The molecule has 8 nitrogen and oxygen atoms in total. The van der Waals surface area contributed by atoms with Crippen LogP contribution >= 0.6 is 11.6 Å². The highest BCUT2D eigenvalue weighted by atomic mass is 35.5. The fourth-order valence-electron chi connectivity index (χ4n) is 4.05. The highest BCUT2D eigenvalue weighted by Gasteiger charge is 2.48. The number of sulfone groups is 1. The SMILES string of the molecule is CCOC(=O)C1(C)CN(CC(=O)Nc2ccc(C(F)(F)F)c(S(C)(=O)=O)c2)N=C1c1ccc(C(F)(F)F)c(Cl)c1. The van der Waals surface area contributed by atoms with Crippen molar-refractivity contribution in [2.24, 2.45) is 10.5 Å². The maximum Gasteiger partial charge on any atom is 0.417 e. The minimum atomic E-state index is -4.96. The van der Waals surface area contributed by atoms with Crippen LogP contribution in [0.5, 0.6) is 0 Å². The van der Waals surface area contributed by atoms with Gasteiger partial charge in [-0.2, -0.15) is 31.4 Å². The molecule has 1 amide bonds. The minimum absolute atomic E-state index is 0.0213. The topological polar surface area (TPSA) is 105 Å². The van der Waals surface area contributed by atoms with Crippen LogP contribution in [0.25, 0.3) is 0 Å². The van der Waals surface area contributed by atoms with Crippen LogP contribution in [0.1, 0.15) is 30.5 Å². The maximum absolute atomic E-state index is 13.2. The van der Waals surface area contributed by atoms with Crippen molar-refractivity contribution in [2.45, 2.75) is 31.1 Å². The van der Waals surface area contributed by atoms with Gasteiger partial charge < -0.3 is 10.1 Å². The summed E-state index contributed by atoms with van der Waals surface area (Å²) in [5.74, 6) is -1.60. The zero-order valence-electron chi connectivity index (χ0n) is 21.1. The zero-order valence-corrected chi connectivity index (χ0v) is 22.6. The zero-order chi connectivity index (χ0) is 30.3. The number of carbonyl (C=O) groups is 2. The minimum Gasteiger partial charge on any atom is -0.465 e. The molecular weight excluding hydrogens is 592 g/mol. The Kier molecular flexibility index (Phi) is 8.52. The number of alkyl halides is 6. The number of rotatable bonds is 7. The first kappa shape index (κ1) is 31.2. The molecule has 218 valence electrons. The molecule has 1 aliphatic heterocycles. The highest BCUT2D eigenvalue weighted by Crippen LogP contribution is 2.39. The van der Waals surface area contributed by atoms with E-state index in [1.807, 2.05) is 0 Å². The van der Waals surface area contributed by atoms with E-state index in [1.54, 1.807) is 6.92 Å². The second-order valence-corrected chi connectivity index (χ2v) is 11.4. The fraction of sp³-hybridized carbons (Fsp3) is 0.375. The number of hydrazone groups is 1. The van der Waals surface area contributed by atoms with Crippen LogP contribution < -0.4 is 5.32 Å². The second-order valence-electron chi connectivity index (χ2n) is 9.05. The molecule has 16 heteroatoms. The third-order valence-corrected chi connectivity index (χ3v) is 7.28. The molecule has 3 rings (SSSR count). The average Bonchev–Trinajstić information content (AvgIpc) is 3.14. The lowest BCUT2D eigenvalue weighted by atomic mass is 9.82. The van der Waals surface area contributed by atoms with E-state index in [9.17, 15) is 44.3 Å². The van der Waals surface area contributed by atoms with E-state index in [2.05, 4.69) is 10.4 Å². The molecule has 0 saturated carbocycles. The molecule has 0 saturated heterocycles. The second kappa shape index (κ2) is 10.9. The van der Waals surface area contributed by atoms with Crippen molar-refractivity contribution in [1.29, 1.82) is 0 Å². The molecule has 0 aromatic heterocycles. The van der Waals surface area contributed by atoms with E-state index >= 15 is 0 Å². The van der Waals surface area contributed by atoms with Gasteiger partial charge in [-0.25, -0.2) is 8.42 Å². The standard InChI is InChI=1S/C24H22ClF6N3O5S/c1-4-39-21(36)22(2)12-34(33-20(22)13-5-7-15(17(25)9-13)23(26,27)28)11-19(35)32-14-6-8-16(24(29,30)31)18(10-14)40(3,37)38/h5-10H,4,11-12H2,1-3H3,(H,32,35). The van der Waals surface area contributed by atoms with E-state index in [4.69, 9.17) is 16.3 Å². The first-order valence-electron chi connectivity index (χ1n) is 11.4. The van der Waals surface area contributed by atoms with Crippen molar-refractivity contribution in [3.63, 3.8) is 0 Å². The summed E-state index contributed by atoms with van der Waals surface area (Å²) in [7, 11) is -4.32. The average molecular weight is 614 g/mol. The van der Waals surface area contributed by atoms with Gasteiger partial charge in [-0.3, -0.25) is 14.6 Å². The van der Waals surface area contributed by atoms with Crippen molar-refractivity contribution >= 4 is 44.7 Å². The third-order valence-electron chi connectivity index (χ3n) is 5.83. The van der Waals surface area contributed by atoms with E-state index in [0.717, 1.165) is 29.3 Å². The summed E-state index contributed by atoms with van der Waals surface area (Å²) < 4.78 is 108. The Balaban J connectivity index is 1.91. The number of hydrogen-bond acceptors (Lipinski definition) is 7. The Bertz CT molecular complexity index is 1480. The number of ether oxygens (including phenoxy) is 1. The molecular formula is C24H22ClF6N3O5S. The van der Waals surface area contributed by atoms with Crippen molar-refractivity contribution in [3.8, 4) is 0 Å². The van der Waals surface area contributed by atoms with Crippen molar-refractivity contribution < 1.29 is 49.1 Å². The number of nitrogens with one attached hydrogen (secondary N) is 1. The van der Waals surface area contributed by atoms with Gasteiger partial charge in [0.2, 0.25) is 5.91 Å². The summed E-state index contributed by atoms with van der Waals surface area (Å²) in [5.41, 5.74) is -4.24. The van der Waals surface area contributed by atoms with Crippen LogP contribution in [0.4, 0.5) is 32.0 Å². The van der Waals surface area contributed by atoms with Gasteiger partial charge in [0.15, 0.2) is 9.84 Å². The molecule has 40 heavy (non-hydrogen) atoms. The van der Waals surface area contributed by atoms with Crippen molar-refractivity contribution in [1.82, 2.24) is 5.01 Å². The molecule has 2 aromatic rings. The molecule has 0 bridgehead atoms. The summed E-state index contributed by atoms with van der Waals surface area (Å²) in [5, 5.41) is 7.00. The Hall–Kier alpha value is -3.33. The van der Waals surface area contributed by atoms with Gasteiger partial charge >= 0.3 is 18.3 Å². The molecule has 0 spiro atoms. The predicted molar refractivity (Wildman–Crippen MR) is 132 cm³/mol. The smallest absolute Gasteiger partial charge is 0.417 e. The normalized spacial score (nSPS) is 17.9. The highest BCUT2D eigenvalue weighted by molar-refractivity contribution is 7.90. The van der Waals surface area contributed by atoms with Crippen molar-refractivity contribution in [3.05, 3.63) is 58.1 Å². The molecule has 1 unspecified atom stereocenters. The summed E-state index contributed by atoms with van der Waals surface area (Å²) in [6.45, 7) is 2.15. The van der Waals surface area contributed by atoms with Gasteiger partial charge in [-0.05, 0) is 44.2 Å². The number of amides is 1. The lowest BCUT2D eigenvalue weighted by Gasteiger charge is -2.24. The molecule has 2 aromatic carbocycles. The first-order valence-corrected chi connectivity index (χ1v) is 13.6.